The maximum Gasteiger partial charge on any atom is 0.141 e. The Morgan fingerprint density at radius 2 is 1.54 bits per heavy atom. The molecule has 0 radical (unpaired) electrons. The van der Waals surface area contributed by atoms with Gasteiger partial charge in [0.15, 0.2) is 0 Å². The summed E-state index contributed by atoms with van der Waals surface area (Å²) in [6, 6.07) is 0. The molecule has 70 valence electrons. The molecule has 13 heavy (non-hydrogen) atoms. The topological polar surface area (TPSA) is 34.1 Å². The molecule has 2 atom stereocenters. The molecule has 0 aromatic heterocycles. The Bertz CT molecular complexity index is 301. The third-order valence-electron chi connectivity index (χ3n) is 4.68. The van der Waals surface area contributed by atoms with Gasteiger partial charge in [0.05, 0.1) is 0 Å². The van der Waals surface area contributed by atoms with Gasteiger partial charge in [0.25, 0.3) is 0 Å². The molecular weight excluding hydrogens is 164 g/mol. The Balaban J connectivity index is 2.10. The highest BCUT2D eigenvalue weighted by Crippen LogP contribution is 2.68. The van der Waals surface area contributed by atoms with Crippen LogP contribution in [0, 0.1) is 10.8 Å². The van der Waals surface area contributed by atoms with Gasteiger partial charge in [-0.2, -0.15) is 0 Å². The standard InChI is InChI=1S/C11H14O2/c12-8-3-6-10-4-1-2-5-11(8,10)7-9(10)13/h1-7H2. The number of ketones is 2. The lowest BCUT2D eigenvalue weighted by molar-refractivity contribution is -0.168. The minimum Gasteiger partial charge on any atom is -0.299 e. The van der Waals surface area contributed by atoms with Gasteiger partial charge >= 0.3 is 0 Å². The number of hydrogen-bond acceptors (Lipinski definition) is 2. The molecule has 0 spiro atoms. The van der Waals surface area contributed by atoms with E-state index in [9.17, 15) is 9.59 Å². The van der Waals surface area contributed by atoms with E-state index in [2.05, 4.69) is 0 Å². The van der Waals surface area contributed by atoms with Crippen LogP contribution in [0.25, 0.3) is 0 Å². The fourth-order valence-corrected chi connectivity index (χ4v) is 3.91. The van der Waals surface area contributed by atoms with E-state index in [1.54, 1.807) is 0 Å². The van der Waals surface area contributed by atoms with Crippen LogP contribution in [-0.2, 0) is 9.59 Å². The van der Waals surface area contributed by atoms with Gasteiger partial charge in [0, 0.05) is 23.7 Å². The van der Waals surface area contributed by atoms with Gasteiger partial charge in [-0.3, -0.25) is 9.59 Å². The first-order valence-electron chi connectivity index (χ1n) is 5.28. The summed E-state index contributed by atoms with van der Waals surface area (Å²) in [5.74, 6) is 0.782. The zero-order chi connectivity index (χ0) is 9.10. The fraction of sp³-hybridized carbons (Fsp3) is 0.818. The van der Waals surface area contributed by atoms with E-state index in [0.29, 0.717) is 24.4 Å². The maximum absolute atomic E-state index is 11.8. The van der Waals surface area contributed by atoms with Crippen molar-refractivity contribution < 1.29 is 9.59 Å². The average molecular weight is 178 g/mol. The zero-order valence-electron chi connectivity index (χ0n) is 7.77. The second kappa shape index (κ2) is 2.05. The monoisotopic (exact) mass is 178 g/mol. The Hall–Kier alpha value is -0.660. The number of hydrogen-bond donors (Lipinski definition) is 0. The Morgan fingerprint density at radius 3 is 2.15 bits per heavy atom. The average Bonchev–Trinajstić information content (AvgIpc) is 2.37. The van der Waals surface area contributed by atoms with Crippen LogP contribution in [0.3, 0.4) is 0 Å². The van der Waals surface area contributed by atoms with Crippen molar-refractivity contribution in [3.8, 4) is 0 Å². The summed E-state index contributed by atoms with van der Waals surface area (Å²) < 4.78 is 0. The minimum absolute atomic E-state index is 0.150. The van der Waals surface area contributed by atoms with Crippen LogP contribution in [0.2, 0.25) is 0 Å². The van der Waals surface area contributed by atoms with E-state index in [1.807, 2.05) is 0 Å². The molecule has 3 fully saturated rings. The Labute approximate surface area is 77.7 Å². The molecule has 3 saturated carbocycles. The smallest absolute Gasteiger partial charge is 0.141 e. The van der Waals surface area contributed by atoms with Crippen molar-refractivity contribution in [2.45, 2.75) is 44.9 Å². The van der Waals surface area contributed by atoms with Crippen molar-refractivity contribution in [1.82, 2.24) is 0 Å². The number of carbonyl (C=O) groups is 2. The summed E-state index contributed by atoms with van der Waals surface area (Å²) in [4.78, 5) is 23.4. The van der Waals surface area contributed by atoms with Gasteiger partial charge in [0.1, 0.15) is 11.6 Å². The molecule has 3 aliphatic rings. The first kappa shape index (κ1) is 7.72. The molecule has 0 aliphatic heterocycles. The van der Waals surface area contributed by atoms with Crippen LogP contribution in [0.4, 0.5) is 0 Å². The second-order valence-electron chi connectivity index (χ2n) is 4.89. The van der Waals surface area contributed by atoms with Crippen LogP contribution in [-0.4, -0.2) is 11.6 Å². The molecule has 3 aliphatic carbocycles. The lowest BCUT2D eigenvalue weighted by Gasteiger charge is -2.55. The molecule has 0 bridgehead atoms. The van der Waals surface area contributed by atoms with Crippen molar-refractivity contribution in [3.63, 3.8) is 0 Å². The van der Waals surface area contributed by atoms with Crippen molar-refractivity contribution in [1.29, 1.82) is 0 Å². The second-order valence-corrected chi connectivity index (χ2v) is 4.89. The number of Topliss-reactive ketones (excluding diaryl/α,β-unsaturated/α-hetero) is 2. The normalized spacial score (nSPS) is 48.3. The summed E-state index contributed by atoms with van der Waals surface area (Å²) >= 11 is 0. The largest absolute Gasteiger partial charge is 0.299 e. The Morgan fingerprint density at radius 1 is 0.846 bits per heavy atom. The number of carbonyl (C=O) groups excluding carboxylic acids is 2. The molecule has 0 heterocycles. The fourth-order valence-electron chi connectivity index (χ4n) is 3.91. The molecule has 2 heteroatoms. The first-order chi connectivity index (χ1) is 6.21. The highest BCUT2D eigenvalue weighted by atomic mass is 16.1. The first-order valence-corrected chi connectivity index (χ1v) is 5.28. The van der Waals surface area contributed by atoms with E-state index in [1.165, 1.54) is 0 Å². The zero-order valence-corrected chi connectivity index (χ0v) is 7.77. The number of rotatable bonds is 0. The van der Waals surface area contributed by atoms with E-state index >= 15 is 0 Å². The van der Waals surface area contributed by atoms with Gasteiger partial charge in [-0.15, -0.1) is 0 Å². The molecule has 0 amide bonds. The van der Waals surface area contributed by atoms with Crippen molar-refractivity contribution in [2.75, 3.05) is 0 Å². The van der Waals surface area contributed by atoms with Crippen molar-refractivity contribution in [3.05, 3.63) is 0 Å². The summed E-state index contributed by atoms with van der Waals surface area (Å²) in [6.45, 7) is 0. The molecule has 3 rings (SSSR count). The van der Waals surface area contributed by atoms with Gasteiger partial charge in [0.2, 0.25) is 0 Å². The van der Waals surface area contributed by atoms with Crippen molar-refractivity contribution in [2.24, 2.45) is 10.8 Å². The van der Waals surface area contributed by atoms with E-state index < -0.39 is 0 Å². The van der Waals surface area contributed by atoms with E-state index in [-0.39, 0.29) is 10.8 Å². The van der Waals surface area contributed by atoms with Gasteiger partial charge in [-0.25, -0.2) is 0 Å². The molecule has 0 N–H and O–H groups in total. The molecule has 0 aromatic rings. The van der Waals surface area contributed by atoms with E-state index in [0.717, 1.165) is 32.1 Å². The molecule has 0 aromatic carbocycles. The highest BCUT2D eigenvalue weighted by Gasteiger charge is 2.71. The third kappa shape index (κ3) is 0.608. The van der Waals surface area contributed by atoms with E-state index in [4.69, 9.17) is 0 Å². The predicted octanol–water partition coefficient (Wildman–Crippen LogP) is 1.87. The lowest BCUT2D eigenvalue weighted by Crippen LogP contribution is -2.60. The minimum atomic E-state index is -0.150. The van der Waals surface area contributed by atoms with Crippen LogP contribution in [0.1, 0.15) is 44.9 Å². The quantitative estimate of drug-likeness (QED) is 0.567. The van der Waals surface area contributed by atoms with Gasteiger partial charge in [-0.1, -0.05) is 12.8 Å². The molecular formula is C11H14O2. The van der Waals surface area contributed by atoms with Crippen molar-refractivity contribution >= 4 is 11.6 Å². The maximum atomic E-state index is 11.8. The summed E-state index contributed by atoms with van der Waals surface area (Å²) in [5, 5.41) is 0. The highest BCUT2D eigenvalue weighted by molar-refractivity contribution is 6.08. The van der Waals surface area contributed by atoms with Gasteiger partial charge < -0.3 is 0 Å². The molecule has 0 saturated heterocycles. The van der Waals surface area contributed by atoms with Crippen LogP contribution in [0.15, 0.2) is 0 Å². The van der Waals surface area contributed by atoms with Crippen LogP contribution < -0.4 is 0 Å². The van der Waals surface area contributed by atoms with Crippen LogP contribution in [0.5, 0.6) is 0 Å². The summed E-state index contributed by atoms with van der Waals surface area (Å²) in [7, 11) is 0. The third-order valence-corrected chi connectivity index (χ3v) is 4.68. The SMILES string of the molecule is O=C1CC23CCCCC12CCC3=O. The Kier molecular flexibility index (Phi) is 1.21. The summed E-state index contributed by atoms with van der Waals surface area (Å²) in [6.07, 6.45) is 6.42. The predicted molar refractivity (Wildman–Crippen MR) is 47.2 cm³/mol. The molecule has 2 unspecified atom stereocenters. The lowest BCUT2D eigenvalue weighted by atomic mass is 9.44. The van der Waals surface area contributed by atoms with Crippen LogP contribution >= 0.6 is 0 Å². The summed E-state index contributed by atoms with van der Waals surface area (Å²) in [5.41, 5.74) is -0.301. The van der Waals surface area contributed by atoms with Gasteiger partial charge in [-0.05, 0) is 19.3 Å². The molecule has 2 nitrogen and oxygen atoms in total.